The Bertz CT molecular complexity index is 687. The molecule has 3 rings (SSSR count). The summed E-state index contributed by atoms with van der Waals surface area (Å²) in [6.07, 6.45) is 1.02. The number of carbonyl (C=O) groups excluding carboxylic acids is 1. The highest BCUT2D eigenvalue weighted by Gasteiger charge is 2.16. The van der Waals surface area contributed by atoms with Gasteiger partial charge in [-0.2, -0.15) is 0 Å². The van der Waals surface area contributed by atoms with Gasteiger partial charge in [-0.3, -0.25) is 4.90 Å². The van der Waals surface area contributed by atoms with E-state index in [0.29, 0.717) is 12.2 Å². The topological polar surface area (TPSA) is 32.8 Å². The van der Waals surface area contributed by atoms with Crippen molar-refractivity contribution >= 4 is 30.8 Å². The fourth-order valence-corrected chi connectivity index (χ4v) is 3.32. The first-order valence-electron chi connectivity index (χ1n) is 9.49. The quantitative estimate of drug-likeness (QED) is 0.627. The standard InChI is InChI=1S/C22H28N2O2.2ClH/c1-2-26-22(25)21-10-8-19(9-11-21)12-13-23-14-16-24(17-15-23)18-20-6-4-3-5-7-20;;/h3-11H,2,12-18H2,1H3;2*1H. The first-order chi connectivity index (χ1) is 12.7. The lowest BCUT2D eigenvalue weighted by atomic mass is 10.1. The maximum Gasteiger partial charge on any atom is 0.338 e. The van der Waals surface area contributed by atoms with Gasteiger partial charge in [0.05, 0.1) is 12.2 Å². The van der Waals surface area contributed by atoms with Crippen LogP contribution in [0.1, 0.15) is 28.4 Å². The van der Waals surface area contributed by atoms with Crippen LogP contribution < -0.4 is 0 Å². The molecule has 0 spiro atoms. The summed E-state index contributed by atoms with van der Waals surface area (Å²) in [6.45, 7) is 8.83. The van der Waals surface area contributed by atoms with Crippen molar-refractivity contribution in [2.75, 3.05) is 39.3 Å². The van der Waals surface area contributed by atoms with E-state index >= 15 is 0 Å². The smallest absolute Gasteiger partial charge is 0.338 e. The maximum atomic E-state index is 11.7. The third kappa shape index (κ3) is 7.44. The van der Waals surface area contributed by atoms with Gasteiger partial charge < -0.3 is 9.64 Å². The molecule has 2 aromatic carbocycles. The van der Waals surface area contributed by atoms with E-state index in [0.717, 1.165) is 45.7 Å². The van der Waals surface area contributed by atoms with Crippen molar-refractivity contribution < 1.29 is 9.53 Å². The zero-order chi connectivity index (χ0) is 18.2. The molecule has 1 aliphatic heterocycles. The van der Waals surface area contributed by atoms with Gasteiger partial charge in [-0.1, -0.05) is 42.5 Å². The molecule has 0 aliphatic carbocycles. The number of nitrogens with zero attached hydrogens (tertiary/aromatic N) is 2. The van der Waals surface area contributed by atoms with Crippen LogP contribution >= 0.6 is 24.8 Å². The summed E-state index contributed by atoms with van der Waals surface area (Å²) in [5.41, 5.74) is 3.29. The van der Waals surface area contributed by atoms with Crippen molar-refractivity contribution in [1.82, 2.24) is 9.80 Å². The molecule has 0 amide bonds. The minimum absolute atomic E-state index is 0. The van der Waals surface area contributed by atoms with Gasteiger partial charge >= 0.3 is 5.97 Å². The molecule has 0 bridgehead atoms. The number of ether oxygens (including phenoxy) is 1. The molecule has 1 saturated heterocycles. The van der Waals surface area contributed by atoms with Crippen molar-refractivity contribution in [3.05, 3.63) is 71.3 Å². The lowest BCUT2D eigenvalue weighted by Crippen LogP contribution is -2.46. The molecule has 1 heterocycles. The van der Waals surface area contributed by atoms with Crippen LogP contribution in [0.2, 0.25) is 0 Å². The van der Waals surface area contributed by atoms with Crippen LogP contribution in [0.3, 0.4) is 0 Å². The molecule has 0 atom stereocenters. The fourth-order valence-electron chi connectivity index (χ4n) is 3.32. The largest absolute Gasteiger partial charge is 0.462 e. The van der Waals surface area contributed by atoms with Crippen LogP contribution in [0.25, 0.3) is 0 Å². The monoisotopic (exact) mass is 424 g/mol. The molecule has 0 N–H and O–H groups in total. The third-order valence-electron chi connectivity index (χ3n) is 4.90. The molecule has 0 aromatic heterocycles. The van der Waals surface area contributed by atoms with Gasteiger partial charge in [-0.25, -0.2) is 4.79 Å². The Labute approximate surface area is 180 Å². The van der Waals surface area contributed by atoms with Gasteiger partial charge in [0.1, 0.15) is 0 Å². The molecule has 2 aromatic rings. The first-order valence-corrected chi connectivity index (χ1v) is 9.49. The second kappa shape index (κ2) is 12.8. The van der Waals surface area contributed by atoms with Crippen molar-refractivity contribution in [1.29, 1.82) is 0 Å². The molecular formula is C22H30Cl2N2O2. The molecular weight excluding hydrogens is 395 g/mol. The fraction of sp³-hybridized carbons (Fsp3) is 0.409. The van der Waals surface area contributed by atoms with E-state index in [1.807, 2.05) is 31.2 Å². The number of esters is 1. The average Bonchev–Trinajstić information content (AvgIpc) is 2.69. The molecule has 6 heteroatoms. The molecule has 0 saturated carbocycles. The summed E-state index contributed by atoms with van der Waals surface area (Å²) in [7, 11) is 0. The van der Waals surface area contributed by atoms with Crippen LogP contribution in [-0.2, 0) is 17.7 Å². The van der Waals surface area contributed by atoms with Gasteiger partial charge in [-0.15, -0.1) is 24.8 Å². The van der Waals surface area contributed by atoms with Gasteiger partial charge in [-0.05, 0) is 36.6 Å². The normalized spacial score (nSPS) is 14.6. The summed E-state index contributed by atoms with van der Waals surface area (Å²) in [4.78, 5) is 16.7. The van der Waals surface area contributed by atoms with Crippen LogP contribution in [0.4, 0.5) is 0 Å². The summed E-state index contributed by atoms with van der Waals surface area (Å²) in [5.74, 6) is -0.242. The zero-order valence-corrected chi connectivity index (χ0v) is 18.0. The lowest BCUT2D eigenvalue weighted by Gasteiger charge is -2.34. The Morgan fingerprint density at radius 2 is 1.46 bits per heavy atom. The predicted octanol–water partition coefficient (Wildman–Crippen LogP) is 4.07. The van der Waals surface area contributed by atoms with E-state index in [1.165, 1.54) is 11.1 Å². The van der Waals surface area contributed by atoms with Gasteiger partial charge in [0.2, 0.25) is 0 Å². The SMILES string of the molecule is CCOC(=O)c1ccc(CCN2CCN(Cc3ccccc3)CC2)cc1.Cl.Cl. The highest BCUT2D eigenvalue weighted by Crippen LogP contribution is 2.11. The molecule has 154 valence electrons. The summed E-state index contributed by atoms with van der Waals surface area (Å²) in [5, 5.41) is 0. The number of piperazine rings is 1. The molecule has 0 radical (unpaired) electrons. The van der Waals surface area contributed by atoms with E-state index in [2.05, 4.69) is 40.1 Å². The van der Waals surface area contributed by atoms with Crippen LogP contribution in [-0.4, -0.2) is 55.1 Å². The lowest BCUT2D eigenvalue weighted by molar-refractivity contribution is 0.0526. The van der Waals surface area contributed by atoms with Crippen LogP contribution in [0, 0.1) is 0 Å². The molecule has 1 aliphatic rings. The Kier molecular flexibility index (Phi) is 11.2. The number of hydrogen-bond donors (Lipinski definition) is 0. The second-order valence-corrected chi connectivity index (χ2v) is 6.77. The summed E-state index contributed by atoms with van der Waals surface area (Å²) < 4.78 is 5.02. The van der Waals surface area contributed by atoms with Crippen molar-refractivity contribution in [3.63, 3.8) is 0 Å². The number of carbonyl (C=O) groups is 1. The van der Waals surface area contributed by atoms with Crippen LogP contribution in [0.5, 0.6) is 0 Å². The average molecular weight is 425 g/mol. The Balaban J connectivity index is 0.00000196. The van der Waals surface area contributed by atoms with Gasteiger partial charge in [0, 0.05) is 39.3 Å². The Morgan fingerprint density at radius 1 is 0.857 bits per heavy atom. The Hall–Kier alpha value is -1.59. The van der Waals surface area contributed by atoms with Gasteiger partial charge in [0.25, 0.3) is 0 Å². The number of benzene rings is 2. The minimum atomic E-state index is -0.242. The van der Waals surface area contributed by atoms with Crippen LogP contribution in [0.15, 0.2) is 54.6 Å². The zero-order valence-electron chi connectivity index (χ0n) is 16.4. The molecule has 4 nitrogen and oxygen atoms in total. The van der Waals surface area contributed by atoms with Crippen molar-refractivity contribution in [3.8, 4) is 0 Å². The summed E-state index contributed by atoms with van der Waals surface area (Å²) >= 11 is 0. The van der Waals surface area contributed by atoms with Gasteiger partial charge in [0.15, 0.2) is 0 Å². The van der Waals surface area contributed by atoms with Crippen molar-refractivity contribution in [2.45, 2.75) is 19.9 Å². The maximum absolute atomic E-state index is 11.7. The van der Waals surface area contributed by atoms with Crippen molar-refractivity contribution in [2.24, 2.45) is 0 Å². The van der Waals surface area contributed by atoms with E-state index in [4.69, 9.17) is 4.74 Å². The van der Waals surface area contributed by atoms with E-state index in [-0.39, 0.29) is 30.8 Å². The number of hydrogen-bond acceptors (Lipinski definition) is 4. The third-order valence-corrected chi connectivity index (χ3v) is 4.90. The molecule has 1 fully saturated rings. The van der Waals surface area contributed by atoms with E-state index in [9.17, 15) is 4.79 Å². The predicted molar refractivity (Wildman–Crippen MR) is 119 cm³/mol. The number of rotatable bonds is 7. The van der Waals surface area contributed by atoms with E-state index < -0.39 is 0 Å². The molecule has 0 unspecified atom stereocenters. The first kappa shape index (κ1) is 24.4. The van der Waals surface area contributed by atoms with E-state index in [1.54, 1.807) is 0 Å². The Morgan fingerprint density at radius 3 is 2.07 bits per heavy atom. The highest BCUT2D eigenvalue weighted by atomic mass is 35.5. The summed E-state index contributed by atoms with van der Waals surface area (Å²) in [6, 6.07) is 18.5. The minimum Gasteiger partial charge on any atom is -0.462 e. The number of halogens is 2. The second-order valence-electron chi connectivity index (χ2n) is 6.77. The highest BCUT2D eigenvalue weighted by molar-refractivity contribution is 5.89. The molecule has 28 heavy (non-hydrogen) atoms.